The minimum absolute atomic E-state index is 0.907. The van der Waals surface area contributed by atoms with E-state index in [4.69, 9.17) is 4.98 Å². The molecular formula is C21H26N4. The first-order valence-electron chi connectivity index (χ1n) is 9.01. The molecule has 2 heterocycles. The summed E-state index contributed by atoms with van der Waals surface area (Å²) in [6, 6.07) is 10.5. The molecule has 0 saturated heterocycles. The van der Waals surface area contributed by atoms with Gasteiger partial charge in [0.15, 0.2) is 0 Å². The number of aryl methyl sites for hydroxylation is 3. The first kappa shape index (κ1) is 17.2. The highest BCUT2D eigenvalue weighted by Crippen LogP contribution is 2.23. The van der Waals surface area contributed by atoms with Crippen molar-refractivity contribution in [2.75, 3.05) is 0 Å². The van der Waals surface area contributed by atoms with Gasteiger partial charge in [0.2, 0.25) is 0 Å². The molecule has 0 spiro atoms. The van der Waals surface area contributed by atoms with Gasteiger partial charge in [0.1, 0.15) is 5.82 Å². The van der Waals surface area contributed by atoms with Gasteiger partial charge >= 0.3 is 0 Å². The molecule has 0 saturated carbocycles. The van der Waals surface area contributed by atoms with Gasteiger partial charge in [0, 0.05) is 36.7 Å². The molecule has 0 amide bonds. The molecule has 0 atom stereocenters. The van der Waals surface area contributed by atoms with Gasteiger partial charge in [-0.15, -0.1) is 0 Å². The maximum atomic E-state index is 4.72. The van der Waals surface area contributed by atoms with Crippen LogP contribution in [-0.2, 0) is 19.5 Å². The van der Waals surface area contributed by atoms with Crippen LogP contribution in [0.4, 0.5) is 0 Å². The number of aromatic nitrogens is 4. The minimum Gasteiger partial charge on any atom is -0.333 e. The predicted octanol–water partition coefficient (Wildman–Crippen LogP) is 4.65. The Kier molecular flexibility index (Phi) is 5.83. The summed E-state index contributed by atoms with van der Waals surface area (Å²) in [6.45, 7) is 6.03. The Hall–Kier alpha value is -2.62. The lowest BCUT2D eigenvalue weighted by Gasteiger charge is -2.11. The van der Waals surface area contributed by atoms with Crippen LogP contribution in [0.5, 0.6) is 0 Å². The van der Waals surface area contributed by atoms with E-state index < -0.39 is 0 Å². The molecule has 4 nitrogen and oxygen atoms in total. The van der Waals surface area contributed by atoms with Crippen LogP contribution in [0, 0.1) is 6.92 Å². The van der Waals surface area contributed by atoms with Crippen molar-refractivity contribution in [2.45, 2.75) is 46.2 Å². The number of allylic oxidation sites excluding steroid dienone is 2. The van der Waals surface area contributed by atoms with Gasteiger partial charge in [-0.3, -0.25) is 0 Å². The smallest absolute Gasteiger partial charge is 0.105 e. The fourth-order valence-corrected chi connectivity index (χ4v) is 3.06. The van der Waals surface area contributed by atoms with Crippen molar-refractivity contribution in [1.82, 2.24) is 19.1 Å². The van der Waals surface area contributed by atoms with E-state index in [9.17, 15) is 0 Å². The summed E-state index contributed by atoms with van der Waals surface area (Å²) >= 11 is 0. The molecule has 4 heteroatoms. The van der Waals surface area contributed by atoms with Crippen LogP contribution < -0.4 is 0 Å². The summed E-state index contributed by atoms with van der Waals surface area (Å²) in [5, 5.41) is 0. The molecule has 0 aliphatic rings. The van der Waals surface area contributed by atoms with E-state index in [2.05, 4.69) is 57.5 Å². The van der Waals surface area contributed by atoms with Crippen molar-refractivity contribution >= 4 is 0 Å². The molecule has 130 valence electrons. The standard InChI is InChI=1S/C21H26N4/c1-3-4-5-9-12-20-21(19-10-7-6-8-11-19)23-17-25(20)16-15-24-14-13-22-18(24)2/h4-8,10-11,13-14,17H,3,9,12,15-16H2,1-2H3/b5-4-. The third kappa shape index (κ3) is 4.27. The molecule has 2 aromatic heterocycles. The van der Waals surface area contributed by atoms with Crippen LogP contribution in [0.1, 0.15) is 31.3 Å². The number of hydrogen-bond acceptors (Lipinski definition) is 2. The van der Waals surface area contributed by atoms with Crippen LogP contribution in [0.15, 0.2) is 61.2 Å². The molecular weight excluding hydrogens is 308 g/mol. The van der Waals surface area contributed by atoms with E-state index in [1.54, 1.807) is 0 Å². The summed E-state index contributed by atoms with van der Waals surface area (Å²) in [5.74, 6) is 1.05. The molecule has 3 aromatic rings. The summed E-state index contributed by atoms with van der Waals surface area (Å²) in [7, 11) is 0. The van der Waals surface area contributed by atoms with E-state index in [-0.39, 0.29) is 0 Å². The van der Waals surface area contributed by atoms with Gasteiger partial charge < -0.3 is 9.13 Å². The Labute approximate surface area is 149 Å². The molecule has 0 unspecified atom stereocenters. The van der Waals surface area contributed by atoms with Crippen molar-refractivity contribution in [3.63, 3.8) is 0 Å². The normalized spacial score (nSPS) is 11.4. The van der Waals surface area contributed by atoms with Gasteiger partial charge in [-0.25, -0.2) is 9.97 Å². The maximum Gasteiger partial charge on any atom is 0.105 e. The van der Waals surface area contributed by atoms with Gasteiger partial charge in [-0.05, 0) is 26.2 Å². The fraction of sp³-hybridized carbons (Fsp3) is 0.333. The van der Waals surface area contributed by atoms with Crippen molar-refractivity contribution < 1.29 is 0 Å². The highest BCUT2D eigenvalue weighted by Gasteiger charge is 2.12. The Morgan fingerprint density at radius 2 is 1.80 bits per heavy atom. The van der Waals surface area contributed by atoms with Crippen LogP contribution in [-0.4, -0.2) is 19.1 Å². The fourth-order valence-electron chi connectivity index (χ4n) is 3.06. The van der Waals surface area contributed by atoms with Gasteiger partial charge in [-0.1, -0.05) is 49.4 Å². The van der Waals surface area contributed by atoms with E-state index in [0.29, 0.717) is 0 Å². The quantitative estimate of drug-likeness (QED) is 0.562. The lowest BCUT2D eigenvalue weighted by molar-refractivity contribution is 0.553. The molecule has 0 aliphatic carbocycles. The number of nitrogens with zero attached hydrogens (tertiary/aromatic N) is 4. The average Bonchev–Trinajstić information content (AvgIpc) is 3.23. The summed E-state index contributed by atoms with van der Waals surface area (Å²) in [5.41, 5.74) is 3.60. The second-order valence-corrected chi connectivity index (χ2v) is 6.19. The first-order chi connectivity index (χ1) is 12.3. The van der Waals surface area contributed by atoms with E-state index in [1.807, 2.05) is 31.7 Å². The third-order valence-electron chi connectivity index (χ3n) is 4.45. The zero-order valence-electron chi connectivity index (χ0n) is 15.1. The second kappa shape index (κ2) is 8.47. The largest absolute Gasteiger partial charge is 0.333 e. The molecule has 0 N–H and O–H groups in total. The summed E-state index contributed by atoms with van der Waals surface area (Å²) in [6.07, 6.45) is 13.5. The van der Waals surface area contributed by atoms with Crippen molar-refractivity contribution in [2.24, 2.45) is 0 Å². The lowest BCUT2D eigenvalue weighted by atomic mass is 10.1. The first-order valence-corrected chi connectivity index (χ1v) is 9.01. The third-order valence-corrected chi connectivity index (χ3v) is 4.45. The Morgan fingerprint density at radius 3 is 2.52 bits per heavy atom. The van der Waals surface area contributed by atoms with Crippen LogP contribution in [0.3, 0.4) is 0 Å². The molecule has 1 aromatic carbocycles. The summed E-state index contributed by atoms with van der Waals surface area (Å²) in [4.78, 5) is 9.02. The van der Waals surface area contributed by atoms with E-state index >= 15 is 0 Å². The topological polar surface area (TPSA) is 35.6 Å². The second-order valence-electron chi connectivity index (χ2n) is 6.19. The minimum atomic E-state index is 0.907. The molecule has 0 fully saturated rings. The molecule has 0 aliphatic heterocycles. The van der Waals surface area contributed by atoms with Crippen molar-refractivity contribution in [3.8, 4) is 11.3 Å². The highest BCUT2D eigenvalue weighted by molar-refractivity contribution is 5.61. The molecule has 3 rings (SSSR count). The number of benzene rings is 1. The lowest BCUT2D eigenvalue weighted by Crippen LogP contribution is -2.10. The summed E-state index contributed by atoms with van der Waals surface area (Å²) < 4.78 is 4.48. The zero-order chi connectivity index (χ0) is 17.5. The maximum absolute atomic E-state index is 4.72. The molecule has 0 radical (unpaired) electrons. The SMILES string of the molecule is CC/C=C\CCc1c(-c2ccccc2)ncn1CCn1ccnc1C. The van der Waals surface area contributed by atoms with E-state index in [1.165, 1.54) is 11.3 Å². The zero-order valence-corrected chi connectivity index (χ0v) is 15.1. The number of rotatable bonds is 8. The Bertz CT molecular complexity index is 812. The number of hydrogen-bond donors (Lipinski definition) is 0. The van der Waals surface area contributed by atoms with Gasteiger partial charge in [0.05, 0.1) is 12.0 Å². The Morgan fingerprint density at radius 1 is 1.00 bits per heavy atom. The number of imidazole rings is 2. The Balaban J connectivity index is 1.82. The monoisotopic (exact) mass is 334 g/mol. The van der Waals surface area contributed by atoms with Crippen LogP contribution in [0.25, 0.3) is 11.3 Å². The van der Waals surface area contributed by atoms with Gasteiger partial charge in [0.25, 0.3) is 0 Å². The molecule has 0 bridgehead atoms. The van der Waals surface area contributed by atoms with Crippen LogP contribution in [0.2, 0.25) is 0 Å². The van der Waals surface area contributed by atoms with Gasteiger partial charge in [-0.2, -0.15) is 0 Å². The van der Waals surface area contributed by atoms with Crippen molar-refractivity contribution in [3.05, 3.63) is 72.7 Å². The van der Waals surface area contributed by atoms with E-state index in [0.717, 1.165) is 43.9 Å². The highest BCUT2D eigenvalue weighted by atomic mass is 15.1. The predicted molar refractivity (Wildman–Crippen MR) is 102 cm³/mol. The average molecular weight is 334 g/mol. The van der Waals surface area contributed by atoms with Crippen LogP contribution >= 0.6 is 0 Å². The van der Waals surface area contributed by atoms with Crippen molar-refractivity contribution in [1.29, 1.82) is 0 Å². The molecule has 25 heavy (non-hydrogen) atoms.